The van der Waals surface area contributed by atoms with Crippen LogP contribution in [0.25, 0.3) is 0 Å². The molecule has 0 aliphatic carbocycles. The zero-order chi connectivity index (χ0) is 13.0. The Bertz CT molecular complexity index is 428. The van der Waals surface area contributed by atoms with Crippen LogP contribution in [0.5, 0.6) is 0 Å². The summed E-state index contributed by atoms with van der Waals surface area (Å²) in [5, 5.41) is 2.78. The number of halogens is 1. The fraction of sp³-hybridized carbons (Fsp3) is 0.500. The second kappa shape index (κ2) is 5.96. The molecule has 1 aromatic carbocycles. The largest absolute Gasteiger partial charge is 0.381 e. The minimum absolute atomic E-state index is 0.117. The van der Waals surface area contributed by atoms with Crippen LogP contribution in [-0.4, -0.2) is 25.7 Å². The lowest BCUT2D eigenvalue weighted by Gasteiger charge is -2.22. The highest BCUT2D eigenvalue weighted by Gasteiger charge is 2.17. The van der Waals surface area contributed by atoms with E-state index in [9.17, 15) is 9.18 Å². The fourth-order valence-electron chi connectivity index (χ4n) is 2.12. The number of rotatable bonds is 3. The van der Waals surface area contributed by atoms with Gasteiger partial charge in [-0.25, -0.2) is 4.39 Å². The summed E-state index contributed by atoms with van der Waals surface area (Å²) in [4.78, 5) is 11.9. The molecule has 0 saturated carbocycles. The lowest BCUT2D eigenvalue weighted by molar-refractivity contribution is 0.0536. The SMILES string of the molecule is Cc1cccc(C(=O)NCC2CCCOC2)c1F. The van der Waals surface area contributed by atoms with Crippen LogP contribution in [0.3, 0.4) is 0 Å². The van der Waals surface area contributed by atoms with Crippen LogP contribution >= 0.6 is 0 Å². The first kappa shape index (κ1) is 13.0. The minimum atomic E-state index is -0.435. The molecule has 1 N–H and O–H groups in total. The Morgan fingerprint density at radius 2 is 2.39 bits per heavy atom. The van der Waals surface area contributed by atoms with Crippen molar-refractivity contribution in [1.82, 2.24) is 5.32 Å². The number of carbonyl (C=O) groups is 1. The smallest absolute Gasteiger partial charge is 0.254 e. The summed E-state index contributed by atoms with van der Waals surface area (Å²) < 4.78 is 19.1. The van der Waals surface area contributed by atoms with Crippen LogP contribution in [-0.2, 0) is 4.74 Å². The predicted molar refractivity (Wildman–Crippen MR) is 67.0 cm³/mol. The van der Waals surface area contributed by atoms with E-state index in [2.05, 4.69) is 5.32 Å². The van der Waals surface area contributed by atoms with Crippen molar-refractivity contribution in [3.8, 4) is 0 Å². The van der Waals surface area contributed by atoms with Crippen molar-refractivity contribution in [1.29, 1.82) is 0 Å². The average Bonchev–Trinajstić information content (AvgIpc) is 2.40. The minimum Gasteiger partial charge on any atom is -0.381 e. The molecular formula is C14H18FNO2. The van der Waals surface area contributed by atoms with Crippen molar-refractivity contribution in [2.45, 2.75) is 19.8 Å². The van der Waals surface area contributed by atoms with E-state index in [1.807, 2.05) is 0 Å². The van der Waals surface area contributed by atoms with Crippen molar-refractivity contribution in [2.75, 3.05) is 19.8 Å². The summed E-state index contributed by atoms with van der Waals surface area (Å²) in [6.07, 6.45) is 2.08. The number of hydrogen-bond donors (Lipinski definition) is 1. The van der Waals surface area contributed by atoms with Crippen molar-refractivity contribution in [3.05, 3.63) is 35.1 Å². The van der Waals surface area contributed by atoms with Gasteiger partial charge in [-0.05, 0) is 37.3 Å². The third-order valence-electron chi connectivity index (χ3n) is 3.24. The van der Waals surface area contributed by atoms with Gasteiger partial charge >= 0.3 is 0 Å². The molecule has 0 radical (unpaired) electrons. The van der Waals surface area contributed by atoms with Gasteiger partial charge in [-0.1, -0.05) is 12.1 Å². The fourth-order valence-corrected chi connectivity index (χ4v) is 2.12. The van der Waals surface area contributed by atoms with Crippen molar-refractivity contribution < 1.29 is 13.9 Å². The molecule has 18 heavy (non-hydrogen) atoms. The van der Waals surface area contributed by atoms with Crippen LogP contribution < -0.4 is 5.32 Å². The third-order valence-corrected chi connectivity index (χ3v) is 3.24. The average molecular weight is 251 g/mol. The second-order valence-electron chi connectivity index (χ2n) is 4.73. The van der Waals surface area contributed by atoms with E-state index in [0.717, 1.165) is 19.4 Å². The van der Waals surface area contributed by atoms with Gasteiger partial charge in [0, 0.05) is 13.2 Å². The Kier molecular flexibility index (Phi) is 4.31. The van der Waals surface area contributed by atoms with Crippen LogP contribution in [0, 0.1) is 18.7 Å². The molecule has 0 spiro atoms. The van der Waals surface area contributed by atoms with Gasteiger partial charge in [0.15, 0.2) is 0 Å². The third kappa shape index (κ3) is 3.07. The first-order valence-corrected chi connectivity index (χ1v) is 6.29. The van der Waals surface area contributed by atoms with Crippen LogP contribution in [0.4, 0.5) is 4.39 Å². The number of nitrogens with one attached hydrogen (secondary N) is 1. The predicted octanol–water partition coefficient (Wildman–Crippen LogP) is 2.29. The van der Waals surface area contributed by atoms with E-state index < -0.39 is 5.82 Å². The number of carbonyl (C=O) groups excluding carboxylic acids is 1. The Morgan fingerprint density at radius 1 is 1.56 bits per heavy atom. The maximum absolute atomic E-state index is 13.7. The molecule has 1 unspecified atom stereocenters. The Balaban J connectivity index is 1.93. The molecule has 1 aliphatic heterocycles. The lowest BCUT2D eigenvalue weighted by Crippen LogP contribution is -2.33. The summed E-state index contributed by atoms with van der Waals surface area (Å²) in [5.41, 5.74) is 0.607. The molecule has 1 aliphatic rings. The number of amides is 1. The molecule has 1 aromatic rings. The van der Waals surface area contributed by atoms with Gasteiger partial charge in [0.2, 0.25) is 0 Å². The van der Waals surface area contributed by atoms with Gasteiger partial charge < -0.3 is 10.1 Å². The topological polar surface area (TPSA) is 38.3 Å². The van der Waals surface area contributed by atoms with Gasteiger partial charge in [-0.3, -0.25) is 4.79 Å². The molecule has 1 amide bonds. The summed E-state index contributed by atoms with van der Waals surface area (Å²) in [5.74, 6) is -0.438. The quantitative estimate of drug-likeness (QED) is 0.895. The molecule has 2 rings (SSSR count). The van der Waals surface area contributed by atoms with Gasteiger partial charge in [-0.15, -0.1) is 0 Å². The molecule has 3 nitrogen and oxygen atoms in total. The Morgan fingerprint density at radius 3 is 3.11 bits per heavy atom. The zero-order valence-electron chi connectivity index (χ0n) is 10.5. The normalized spacial score (nSPS) is 19.6. The van der Waals surface area contributed by atoms with Gasteiger partial charge in [0.1, 0.15) is 5.82 Å². The van der Waals surface area contributed by atoms with Crippen LogP contribution in [0.2, 0.25) is 0 Å². The van der Waals surface area contributed by atoms with Crippen molar-refractivity contribution in [3.63, 3.8) is 0 Å². The molecule has 1 saturated heterocycles. The summed E-state index contributed by atoms with van der Waals surface area (Å²) in [6.45, 7) is 3.68. The van der Waals surface area contributed by atoms with Crippen molar-refractivity contribution in [2.24, 2.45) is 5.92 Å². The van der Waals surface area contributed by atoms with E-state index in [4.69, 9.17) is 4.74 Å². The maximum Gasteiger partial charge on any atom is 0.254 e. The summed E-state index contributed by atoms with van der Waals surface area (Å²) >= 11 is 0. The highest BCUT2D eigenvalue weighted by atomic mass is 19.1. The molecular weight excluding hydrogens is 233 g/mol. The highest BCUT2D eigenvalue weighted by molar-refractivity contribution is 5.94. The highest BCUT2D eigenvalue weighted by Crippen LogP contribution is 2.14. The standard InChI is InChI=1S/C14H18FNO2/c1-10-4-2-6-12(13(10)15)14(17)16-8-11-5-3-7-18-9-11/h2,4,6,11H,3,5,7-9H2,1H3,(H,16,17). The number of benzene rings is 1. The Labute approximate surface area is 106 Å². The maximum atomic E-state index is 13.7. The number of ether oxygens (including phenoxy) is 1. The first-order valence-electron chi connectivity index (χ1n) is 6.29. The molecule has 0 aromatic heterocycles. The monoisotopic (exact) mass is 251 g/mol. The van der Waals surface area contributed by atoms with Gasteiger partial charge in [0.05, 0.1) is 12.2 Å². The van der Waals surface area contributed by atoms with Crippen LogP contribution in [0.15, 0.2) is 18.2 Å². The van der Waals surface area contributed by atoms with Crippen molar-refractivity contribution >= 4 is 5.91 Å². The molecule has 98 valence electrons. The zero-order valence-corrected chi connectivity index (χ0v) is 10.5. The van der Waals surface area contributed by atoms with E-state index in [0.29, 0.717) is 24.6 Å². The molecule has 1 fully saturated rings. The molecule has 0 bridgehead atoms. The number of aryl methyl sites for hydroxylation is 1. The molecule has 1 heterocycles. The second-order valence-corrected chi connectivity index (χ2v) is 4.73. The van der Waals surface area contributed by atoms with Gasteiger partial charge in [0.25, 0.3) is 5.91 Å². The molecule has 1 atom stereocenters. The Hall–Kier alpha value is -1.42. The van der Waals surface area contributed by atoms with Crippen LogP contribution in [0.1, 0.15) is 28.8 Å². The molecule has 4 heteroatoms. The summed E-state index contributed by atoms with van der Waals surface area (Å²) in [6, 6.07) is 4.85. The van der Waals surface area contributed by atoms with E-state index in [1.54, 1.807) is 19.1 Å². The lowest BCUT2D eigenvalue weighted by atomic mass is 10.0. The van der Waals surface area contributed by atoms with Gasteiger partial charge in [-0.2, -0.15) is 0 Å². The van der Waals surface area contributed by atoms with E-state index in [1.165, 1.54) is 6.07 Å². The summed E-state index contributed by atoms with van der Waals surface area (Å²) in [7, 11) is 0. The van der Waals surface area contributed by atoms with E-state index in [-0.39, 0.29) is 11.5 Å². The number of hydrogen-bond acceptors (Lipinski definition) is 2. The first-order chi connectivity index (χ1) is 8.68. The van der Waals surface area contributed by atoms with E-state index >= 15 is 0 Å².